The minimum Gasteiger partial charge on any atom is -0.503 e. The van der Waals surface area contributed by atoms with Crippen molar-refractivity contribution in [2.75, 3.05) is 21.3 Å². The second kappa shape index (κ2) is 12.4. The third kappa shape index (κ3) is 6.25. The number of ketones is 1. The maximum atomic E-state index is 13.1. The van der Waals surface area contributed by atoms with Crippen molar-refractivity contribution >= 4 is 11.8 Å². The lowest BCUT2D eigenvalue weighted by atomic mass is 9.85. The molecule has 0 amide bonds. The van der Waals surface area contributed by atoms with Gasteiger partial charge in [0, 0.05) is 24.6 Å². The quantitative estimate of drug-likeness (QED) is 0.264. The lowest BCUT2D eigenvalue weighted by Gasteiger charge is -2.27. The summed E-state index contributed by atoms with van der Waals surface area (Å²) < 4.78 is 21.8. The molecule has 0 radical (unpaired) electrons. The van der Waals surface area contributed by atoms with Crippen LogP contribution in [0.25, 0.3) is 0 Å². The van der Waals surface area contributed by atoms with E-state index in [1.165, 1.54) is 19.4 Å². The van der Waals surface area contributed by atoms with Gasteiger partial charge < -0.3 is 24.1 Å². The lowest BCUT2D eigenvalue weighted by molar-refractivity contribution is -0.153. The number of esters is 1. The molecule has 0 spiro atoms. The summed E-state index contributed by atoms with van der Waals surface area (Å²) in [5.74, 6) is -0.707. The first-order chi connectivity index (χ1) is 18.1. The Hall–Kier alpha value is -4.07. The predicted octanol–water partition coefficient (Wildman–Crippen LogP) is 5.40. The van der Waals surface area contributed by atoms with Gasteiger partial charge >= 0.3 is 5.97 Å². The SMILES string of the molecule is COc1ccc(C(c2ccc(OC)c(C)c2)[C@H](C)OC(=O)[C@H](C)CC(=O)c2nccc(OC)c2O)cc1C. The van der Waals surface area contributed by atoms with Gasteiger partial charge in [0.15, 0.2) is 23.0 Å². The molecule has 1 N–H and O–H groups in total. The van der Waals surface area contributed by atoms with Crippen molar-refractivity contribution < 1.29 is 33.6 Å². The number of carbonyl (C=O) groups excluding carboxylic acids is 2. The Balaban J connectivity index is 1.85. The zero-order valence-electron chi connectivity index (χ0n) is 22.9. The molecule has 8 nitrogen and oxygen atoms in total. The molecule has 0 unspecified atom stereocenters. The van der Waals surface area contributed by atoms with E-state index in [4.69, 9.17) is 18.9 Å². The molecule has 3 rings (SSSR count). The molecule has 1 heterocycles. The average molecular weight is 522 g/mol. The van der Waals surface area contributed by atoms with Gasteiger partial charge in [0.05, 0.1) is 27.2 Å². The Bertz CT molecular complexity index is 1250. The highest BCUT2D eigenvalue weighted by Gasteiger charge is 2.29. The number of pyridine rings is 1. The summed E-state index contributed by atoms with van der Waals surface area (Å²) in [6, 6.07) is 13.2. The van der Waals surface area contributed by atoms with Crippen molar-refractivity contribution in [3.05, 3.63) is 76.6 Å². The largest absolute Gasteiger partial charge is 0.503 e. The van der Waals surface area contributed by atoms with Gasteiger partial charge in [-0.2, -0.15) is 0 Å². The van der Waals surface area contributed by atoms with Crippen molar-refractivity contribution in [2.45, 2.75) is 46.1 Å². The van der Waals surface area contributed by atoms with E-state index in [1.807, 2.05) is 57.2 Å². The van der Waals surface area contributed by atoms with E-state index in [9.17, 15) is 14.7 Å². The molecule has 0 fully saturated rings. The van der Waals surface area contributed by atoms with E-state index >= 15 is 0 Å². The minimum absolute atomic E-state index is 0.139. The molecular weight excluding hydrogens is 486 g/mol. The van der Waals surface area contributed by atoms with Crippen molar-refractivity contribution in [3.8, 4) is 23.0 Å². The highest BCUT2D eigenvalue weighted by Crippen LogP contribution is 2.35. The third-order valence-electron chi connectivity index (χ3n) is 6.59. The molecule has 2 aromatic carbocycles. The number of rotatable bonds is 11. The molecular formula is C30H35NO7. The fourth-order valence-corrected chi connectivity index (χ4v) is 4.56. The molecule has 202 valence electrons. The summed E-state index contributed by atoms with van der Waals surface area (Å²) >= 11 is 0. The van der Waals surface area contributed by atoms with Crippen LogP contribution in [-0.2, 0) is 9.53 Å². The van der Waals surface area contributed by atoms with Crippen LogP contribution >= 0.6 is 0 Å². The monoisotopic (exact) mass is 521 g/mol. The van der Waals surface area contributed by atoms with Crippen molar-refractivity contribution in [1.82, 2.24) is 4.98 Å². The van der Waals surface area contributed by atoms with E-state index in [2.05, 4.69) is 4.98 Å². The second-order valence-corrected chi connectivity index (χ2v) is 9.32. The van der Waals surface area contributed by atoms with Gasteiger partial charge in [0.25, 0.3) is 0 Å². The molecule has 0 bridgehead atoms. The summed E-state index contributed by atoms with van der Waals surface area (Å²) in [5.41, 5.74) is 3.70. The first kappa shape index (κ1) is 28.5. The summed E-state index contributed by atoms with van der Waals surface area (Å²) in [6.45, 7) is 7.38. The number of hydrogen-bond acceptors (Lipinski definition) is 8. The topological polar surface area (TPSA) is 104 Å². The van der Waals surface area contributed by atoms with Crippen molar-refractivity contribution in [2.24, 2.45) is 5.92 Å². The van der Waals surface area contributed by atoms with Crippen LogP contribution in [0.1, 0.15) is 58.9 Å². The molecule has 0 aliphatic rings. The Morgan fingerprint density at radius 2 is 1.37 bits per heavy atom. The van der Waals surface area contributed by atoms with E-state index in [0.717, 1.165) is 33.8 Å². The fourth-order valence-electron chi connectivity index (χ4n) is 4.56. The standard InChI is InChI=1S/C30H35NO7/c1-17-14-21(8-10-24(17)35-5)27(22-9-11-25(36-6)18(2)15-22)20(4)38-30(34)19(3)16-23(32)28-29(33)26(37-7)12-13-31-28/h8-15,19-20,27,33H,16H2,1-7H3/t19-,20+/m1/s1. The Morgan fingerprint density at radius 3 is 1.84 bits per heavy atom. The Labute approximate surface area is 223 Å². The number of Topliss-reactive ketones (excluding diaryl/α,β-unsaturated/α-hetero) is 1. The molecule has 3 aromatic rings. The predicted molar refractivity (Wildman–Crippen MR) is 143 cm³/mol. The Kier molecular flexibility index (Phi) is 9.34. The zero-order chi connectivity index (χ0) is 28.0. The fraction of sp³-hybridized carbons (Fsp3) is 0.367. The smallest absolute Gasteiger partial charge is 0.309 e. The average Bonchev–Trinajstić information content (AvgIpc) is 2.89. The van der Waals surface area contributed by atoms with Gasteiger partial charge in [0.2, 0.25) is 0 Å². The van der Waals surface area contributed by atoms with Crippen LogP contribution in [0.4, 0.5) is 0 Å². The maximum Gasteiger partial charge on any atom is 0.309 e. The summed E-state index contributed by atoms with van der Waals surface area (Å²) in [6.07, 6.45) is 0.645. The summed E-state index contributed by atoms with van der Waals surface area (Å²) in [5, 5.41) is 10.3. The molecule has 1 aromatic heterocycles. The van der Waals surface area contributed by atoms with Gasteiger partial charge in [-0.15, -0.1) is 0 Å². The summed E-state index contributed by atoms with van der Waals surface area (Å²) in [7, 11) is 4.64. The lowest BCUT2D eigenvalue weighted by Crippen LogP contribution is -2.28. The van der Waals surface area contributed by atoms with Crippen LogP contribution in [0, 0.1) is 19.8 Å². The number of benzene rings is 2. The number of aromatic hydroxyl groups is 1. The molecule has 8 heteroatoms. The van der Waals surface area contributed by atoms with Crippen molar-refractivity contribution in [1.29, 1.82) is 0 Å². The molecule has 0 aliphatic carbocycles. The van der Waals surface area contributed by atoms with Crippen LogP contribution in [0.3, 0.4) is 0 Å². The van der Waals surface area contributed by atoms with E-state index < -0.39 is 23.8 Å². The van der Waals surface area contributed by atoms with Crippen LogP contribution < -0.4 is 14.2 Å². The number of carbonyl (C=O) groups is 2. The van der Waals surface area contributed by atoms with E-state index in [0.29, 0.717) is 0 Å². The van der Waals surface area contributed by atoms with E-state index in [-0.39, 0.29) is 29.5 Å². The van der Waals surface area contributed by atoms with Crippen molar-refractivity contribution in [3.63, 3.8) is 0 Å². The number of ether oxygens (including phenoxy) is 4. The molecule has 0 aliphatic heterocycles. The third-order valence-corrected chi connectivity index (χ3v) is 6.59. The second-order valence-electron chi connectivity index (χ2n) is 9.32. The van der Waals surface area contributed by atoms with Crippen LogP contribution in [0.15, 0.2) is 48.7 Å². The number of nitrogens with zero attached hydrogens (tertiary/aromatic N) is 1. The first-order valence-corrected chi connectivity index (χ1v) is 12.4. The van der Waals surface area contributed by atoms with Gasteiger partial charge in [0.1, 0.15) is 17.6 Å². The molecule has 0 saturated carbocycles. The minimum atomic E-state index is -0.756. The van der Waals surface area contributed by atoms with Crippen LogP contribution in [0.2, 0.25) is 0 Å². The van der Waals surface area contributed by atoms with Gasteiger partial charge in [-0.05, 0) is 55.2 Å². The number of methoxy groups -OCH3 is 3. The summed E-state index contributed by atoms with van der Waals surface area (Å²) in [4.78, 5) is 29.9. The van der Waals surface area contributed by atoms with Crippen LogP contribution in [0.5, 0.6) is 23.0 Å². The Morgan fingerprint density at radius 1 is 0.842 bits per heavy atom. The van der Waals surface area contributed by atoms with Crippen LogP contribution in [-0.4, -0.2) is 49.3 Å². The maximum absolute atomic E-state index is 13.1. The number of aryl methyl sites for hydroxylation is 2. The van der Waals surface area contributed by atoms with Gasteiger partial charge in [-0.1, -0.05) is 31.2 Å². The molecule has 2 atom stereocenters. The van der Waals surface area contributed by atoms with E-state index in [1.54, 1.807) is 21.1 Å². The molecule has 0 saturated heterocycles. The number of hydrogen-bond donors (Lipinski definition) is 1. The normalized spacial score (nSPS) is 12.5. The number of aromatic nitrogens is 1. The highest BCUT2D eigenvalue weighted by atomic mass is 16.5. The first-order valence-electron chi connectivity index (χ1n) is 12.4. The van der Waals surface area contributed by atoms with Gasteiger partial charge in [-0.3, -0.25) is 9.59 Å². The highest BCUT2D eigenvalue weighted by molar-refractivity contribution is 5.99. The zero-order valence-corrected chi connectivity index (χ0v) is 22.9. The van der Waals surface area contributed by atoms with Gasteiger partial charge in [-0.25, -0.2) is 4.98 Å². The molecule has 38 heavy (non-hydrogen) atoms.